The summed E-state index contributed by atoms with van der Waals surface area (Å²) in [7, 11) is 0. The highest BCUT2D eigenvalue weighted by Crippen LogP contribution is 2.53. The lowest BCUT2D eigenvalue weighted by atomic mass is 9.71. The molecule has 3 aromatic carbocycles. The molecule has 0 bridgehead atoms. The van der Waals surface area contributed by atoms with Crippen LogP contribution in [0.3, 0.4) is 0 Å². The molecule has 0 aromatic heterocycles. The SMILES string of the molecule is CC(=Cc1ccc(C(=O)O)cc1)c1ccc2c(c1)C(C)(C)C(C)C2(C)C.Nc1ccc(O)cc1. The zero-order valence-corrected chi connectivity index (χ0v) is 20.9. The van der Waals surface area contributed by atoms with Gasteiger partial charge in [-0.15, -0.1) is 0 Å². The van der Waals surface area contributed by atoms with Gasteiger partial charge in [-0.05, 0) is 87.9 Å². The van der Waals surface area contributed by atoms with Crippen LogP contribution in [0.4, 0.5) is 5.69 Å². The fraction of sp³-hybridized carbons (Fsp3) is 0.300. The van der Waals surface area contributed by atoms with E-state index in [4.69, 9.17) is 15.9 Å². The second-order valence-corrected chi connectivity index (χ2v) is 10.3. The van der Waals surface area contributed by atoms with E-state index >= 15 is 0 Å². The fourth-order valence-corrected chi connectivity index (χ4v) is 4.78. The molecule has 4 nitrogen and oxygen atoms in total. The van der Waals surface area contributed by atoms with E-state index in [1.807, 2.05) is 12.1 Å². The van der Waals surface area contributed by atoms with E-state index in [1.165, 1.54) is 22.3 Å². The molecule has 4 N–H and O–H groups in total. The predicted molar refractivity (Wildman–Crippen MR) is 141 cm³/mol. The monoisotopic (exact) mass is 457 g/mol. The van der Waals surface area contributed by atoms with Crippen molar-refractivity contribution in [3.8, 4) is 5.75 Å². The highest BCUT2D eigenvalue weighted by atomic mass is 16.4. The van der Waals surface area contributed by atoms with E-state index in [2.05, 4.69) is 65.8 Å². The largest absolute Gasteiger partial charge is 0.508 e. The first-order valence-electron chi connectivity index (χ1n) is 11.6. The summed E-state index contributed by atoms with van der Waals surface area (Å²) in [4.78, 5) is 11.0. The van der Waals surface area contributed by atoms with Crippen LogP contribution in [0.2, 0.25) is 0 Å². The van der Waals surface area contributed by atoms with Gasteiger partial charge >= 0.3 is 5.97 Å². The van der Waals surface area contributed by atoms with Crippen molar-refractivity contribution in [2.24, 2.45) is 5.92 Å². The Morgan fingerprint density at radius 1 is 0.853 bits per heavy atom. The first-order chi connectivity index (χ1) is 15.8. The molecule has 1 unspecified atom stereocenters. The van der Waals surface area contributed by atoms with E-state index in [9.17, 15) is 4.79 Å². The van der Waals surface area contributed by atoms with Crippen molar-refractivity contribution in [2.45, 2.75) is 52.4 Å². The maximum absolute atomic E-state index is 11.0. The summed E-state index contributed by atoms with van der Waals surface area (Å²) in [6, 6.07) is 20.3. The quantitative estimate of drug-likeness (QED) is 0.222. The van der Waals surface area contributed by atoms with Crippen LogP contribution in [0.5, 0.6) is 5.75 Å². The van der Waals surface area contributed by atoms with Gasteiger partial charge in [-0.25, -0.2) is 4.79 Å². The lowest BCUT2D eigenvalue weighted by Crippen LogP contribution is -2.30. The number of fused-ring (bicyclic) bond motifs is 1. The molecular formula is C30H35NO3. The molecule has 0 saturated heterocycles. The maximum atomic E-state index is 11.0. The van der Waals surface area contributed by atoms with Crippen LogP contribution in [-0.4, -0.2) is 16.2 Å². The molecule has 1 aliphatic carbocycles. The summed E-state index contributed by atoms with van der Waals surface area (Å²) < 4.78 is 0. The Bertz CT molecular complexity index is 1180. The van der Waals surface area contributed by atoms with Crippen molar-refractivity contribution in [1.82, 2.24) is 0 Å². The van der Waals surface area contributed by atoms with Crippen LogP contribution in [0, 0.1) is 5.92 Å². The van der Waals surface area contributed by atoms with Crippen LogP contribution in [0.1, 0.15) is 74.2 Å². The number of allylic oxidation sites excluding steroid dienone is 1. The third-order valence-electron chi connectivity index (χ3n) is 7.46. The molecule has 0 spiro atoms. The minimum Gasteiger partial charge on any atom is -0.508 e. The molecule has 0 radical (unpaired) electrons. The Balaban J connectivity index is 0.000000343. The number of aromatic carboxylic acids is 1. The Labute approximate surface area is 202 Å². The molecule has 0 fully saturated rings. The lowest BCUT2D eigenvalue weighted by Gasteiger charge is -2.32. The number of nitrogens with two attached hydrogens (primary N) is 1. The van der Waals surface area contributed by atoms with E-state index in [-0.39, 0.29) is 16.6 Å². The molecule has 0 heterocycles. The summed E-state index contributed by atoms with van der Waals surface area (Å²) in [5, 5.41) is 17.7. The minimum atomic E-state index is -0.894. The smallest absolute Gasteiger partial charge is 0.335 e. The number of phenolic OH excluding ortho intramolecular Hbond substituents is 1. The van der Waals surface area contributed by atoms with Crippen molar-refractivity contribution >= 4 is 23.3 Å². The second kappa shape index (κ2) is 9.38. The van der Waals surface area contributed by atoms with Crippen molar-refractivity contribution < 1.29 is 15.0 Å². The zero-order valence-electron chi connectivity index (χ0n) is 20.9. The molecule has 0 amide bonds. The molecule has 4 rings (SSSR count). The molecule has 3 aromatic rings. The van der Waals surface area contributed by atoms with Gasteiger partial charge in [0.05, 0.1) is 5.56 Å². The number of carboxylic acids is 1. The average molecular weight is 458 g/mol. The second-order valence-electron chi connectivity index (χ2n) is 10.3. The van der Waals surface area contributed by atoms with Crippen LogP contribution in [0.25, 0.3) is 11.6 Å². The number of phenols is 1. The van der Waals surface area contributed by atoms with Crippen molar-refractivity contribution in [2.75, 3.05) is 5.73 Å². The highest BCUT2D eigenvalue weighted by molar-refractivity contribution is 5.88. The van der Waals surface area contributed by atoms with Crippen molar-refractivity contribution in [1.29, 1.82) is 0 Å². The van der Waals surface area contributed by atoms with E-state index < -0.39 is 5.97 Å². The van der Waals surface area contributed by atoms with Gasteiger partial charge in [0.15, 0.2) is 0 Å². The summed E-state index contributed by atoms with van der Waals surface area (Å²) in [6.45, 7) is 13.8. The highest BCUT2D eigenvalue weighted by Gasteiger charge is 2.48. The van der Waals surface area contributed by atoms with E-state index in [0.29, 0.717) is 17.2 Å². The van der Waals surface area contributed by atoms with E-state index in [0.717, 1.165) is 5.56 Å². The normalized spacial score (nSPS) is 17.9. The molecule has 34 heavy (non-hydrogen) atoms. The molecule has 4 heteroatoms. The number of hydrogen-bond acceptors (Lipinski definition) is 3. The standard InChI is InChI=1S/C24H28O2.C6H7NO/c1-15(13-17-7-9-18(10-8-17)22(25)26)19-11-12-20-21(14-19)24(5,6)16(2)23(20,3)4;7-5-1-3-6(8)4-2-5/h7-14,16H,1-6H3,(H,25,26);1-4,8H,7H2. The molecule has 1 aliphatic rings. The zero-order chi connectivity index (χ0) is 25.3. The van der Waals surface area contributed by atoms with E-state index in [1.54, 1.807) is 36.4 Å². The predicted octanol–water partition coefficient (Wildman–Crippen LogP) is 7.12. The summed E-state index contributed by atoms with van der Waals surface area (Å²) in [5.74, 6) is -0.0675. The minimum absolute atomic E-state index is 0.151. The summed E-state index contributed by atoms with van der Waals surface area (Å²) >= 11 is 0. The number of carbonyl (C=O) groups is 1. The Morgan fingerprint density at radius 3 is 1.91 bits per heavy atom. The third-order valence-corrected chi connectivity index (χ3v) is 7.46. The Kier molecular flexibility index (Phi) is 6.92. The number of anilines is 1. The number of rotatable bonds is 3. The topological polar surface area (TPSA) is 83.5 Å². The number of aromatic hydroxyl groups is 1. The first kappa shape index (κ1) is 25.1. The fourth-order valence-electron chi connectivity index (χ4n) is 4.78. The molecule has 1 atom stereocenters. The van der Waals surface area contributed by atoms with Gasteiger partial charge < -0.3 is 15.9 Å². The number of hydrogen-bond donors (Lipinski definition) is 3. The van der Waals surface area contributed by atoms with Crippen molar-refractivity contribution in [3.05, 3.63) is 94.5 Å². The number of carboxylic acid groups (broad SMARTS) is 1. The number of benzene rings is 3. The number of nitrogen functional groups attached to an aromatic ring is 1. The van der Waals surface area contributed by atoms with Crippen LogP contribution in [-0.2, 0) is 10.8 Å². The molecular weight excluding hydrogens is 422 g/mol. The van der Waals surface area contributed by atoms with Crippen LogP contribution >= 0.6 is 0 Å². The molecule has 0 saturated carbocycles. The lowest BCUT2D eigenvalue weighted by molar-refractivity contribution is 0.0697. The van der Waals surface area contributed by atoms with Crippen molar-refractivity contribution in [3.63, 3.8) is 0 Å². The van der Waals surface area contributed by atoms with Crippen LogP contribution < -0.4 is 5.73 Å². The van der Waals surface area contributed by atoms with Gasteiger partial charge in [0, 0.05) is 5.69 Å². The molecule has 0 aliphatic heterocycles. The molecule has 178 valence electrons. The Morgan fingerprint density at radius 2 is 1.38 bits per heavy atom. The average Bonchev–Trinajstić information content (AvgIpc) is 2.93. The Hall–Kier alpha value is -3.53. The first-order valence-corrected chi connectivity index (χ1v) is 11.6. The van der Waals surface area contributed by atoms with Gasteiger partial charge in [-0.2, -0.15) is 0 Å². The van der Waals surface area contributed by atoms with Gasteiger partial charge in [0.2, 0.25) is 0 Å². The van der Waals surface area contributed by atoms with Gasteiger partial charge in [0.25, 0.3) is 0 Å². The van der Waals surface area contributed by atoms with Gasteiger partial charge in [-0.3, -0.25) is 0 Å². The third kappa shape index (κ3) is 5.01. The summed E-state index contributed by atoms with van der Waals surface area (Å²) in [6.07, 6.45) is 2.11. The maximum Gasteiger partial charge on any atom is 0.335 e. The summed E-state index contributed by atoms with van der Waals surface area (Å²) in [5.41, 5.74) is 13.0. The van der Waals surface area contributed by atoms with Gasteiger partial charge in [-0.1, -0.05) is 71.0 Å². The van der Waals surface area contributed by atoms with Crippen LogP contribution in [0.15, 0.2) is 66.7 Å². The van der Waals surface area contributed by atoms with Gasteiger partial charge in [0.1, 0.15) is 5.75 Å².